The summed E-state index contributed by atoms with van der Waals surface area (Å²) in [7, 11) is 1.68. The smallest absolute Gasteiger partial charge is 0.132 e. The molecule has 0 aliphatic heterocycles. The molecule has 0 radical (unpaired) electrons. The Morgan fingerprint density at radius 3 is 2.87 bits per heavy atom. The van der Waals surface area contributed by atoms with Gasteiger partial charge in [0.1, 0.15) is 5.75 Å². The van der Waals surface area contributed by atoms with E-state index in [1.54, 1.807) is 18.9 Å². The minimum absolute atomic E-state index is 0.172. The van der Waals surface area contributed by atoms with Crippen LogP contribution in [0, 0.1) is 0 Å². The molecule has 1 aromatic rings. The zero-order chi connectivity index (χ0) is 11.1. The van der Waals surface area contributed by atoms with Crippen LogP contribution >= 0.6 is 11.8 Å². The van der Waals surface area contributed by atoms with Gasteiger partial charge in [-0.05, 0) is 24.0 Å². The fourth-order valence-corrected chi connectivity index (χ4v) is 1.92. The Kier molecular flexibility index (Phi) is 5.53. The van der Waals surface area contributed by atoms with Gasteiger partial charge < -0.3 is 15.2 Å². The molecule has 0 saturated heterocycles. The zero-order valence-electron chi connectivity index (χ0n) is 9.12. The minimum Gasteiger partial charge on any atom is -0.496 e. The highest BCUT2D eigenvalue weighted by molar-refractivity contribution is 7.98. The van der Waals surface area contributed by atoms with E-state index < -0.39 is 0 Å². The molecule has 2 N–H and O–H groups in total. The molecule has 0 aliphatic rings. The average molecular weight is 227 g/mol. The predicted molar refractivity (Wildman–Crippen MR) is 63.6 cm³/mol. The van der Waals surface area contributed by atoms with Gasteiger partial charge in [-0.25, -0.2) is 0 Å². The second-order valence-corrected chi connectivity index (χ2v) is 3.94. The van der Waals surface area contributed by atoms with Gasteiger partial charge in [-0.1, -0.05) is 6.07 Å². The molecular weight excluding hydrogens is 210 g/mol. The van der Waals surface area contributed by atoms with E-state index in [-0.39, 0.29) is 6.61 Å². The van der Waals surface area contributed by atoms with Gasteiger partial charge in [0.15, 0.2) is 0 Å². The molecule has 15 heavy (non-hydrogen) atoms. The first kappa shape index (κ1) is 12.4. The lowest BCUT2D eigenvalue weighted by Gasteiger charge is -2.09. The van der Waals surface area contributed by atoms with Crippen LogP contribution in [0.3, 0.4) is 0 Å². The van der Waals surface area contributed by atoms with Crippen LogP contribution in [-0.4, -0.2) is 31.6 Å². The van der Waals surface area contributed by atoms with Crippen molar-refractivity contribution >= 4 is 11.8 Å². The number of benzene rings is 1. The van der Waals surface area contributed by atoms with Crippen molar-refractivity contribution in [1.82, 2.24) is 5.32 Å². The van der Waals surface area contributed by atoms with Crippen molar-refractivity contribution in [2.24, 2.45) is 0 Å². The monoisotopic (exact) mass is 227 g/mol. The van der Waals surface area contributed by atoms with E-state index in [0.29, 0.717) is 6.54 Å². The summed E-state index contributed by atoms with van der Waals surface area (Å²) in [6, 6.07) is 6.11. The quantitative estimate of drug-likeness (QED) is 0.571. The maximum atomic E-state index is 8.64. The number of thioether (sulfide) groups is 1. The van der Waals surface area contributed by atoms with E-state index in [1.807, 2.05) is 18.4 Å². The summed E-state index contributed by atoms with van der Waals surface area (Å²) in [5.74, 6) is 0.911. The fraction of sp³-hybridized carbons (Fsp3) is 0.455. The molecule has 0 amide bonds. The molecule has 0 saturated carbocycles. The van der Waals surface area contributed by atoms with Gasteiger partial charge in [-0.15, -0.1) is 11.8 Å². The Balaban J connectivity index is 2.66. The van der Waals surface area contributed by atoms with Crippen LogP contribution in [0.25, 0.3) is 0 Å². The highest BCUT2D eigenvalue weighted by Gasteiger charge is 2.02. The highest BCUT2D eigenvalue weighted by atomic mass is 32.2. The van der Waals surface area contributed by atoms with Gasteiger partial charge in [0.05, 0.1) is 13.7 Å². The van der Waals surface area contributed by atoms with Crippen LogP contribution in [0.1, 0.15) is 5.56 Å². The third kappa shape index (κ3) is 3.74. The van der Waals surface area contributed by atoms with Gasteiger partial charge in [0, 0.05) is 18.0 Å². The molecule has 4 heteroatoms. The summed E-state index contributed by atoms with van der Waals surface area (Å²) in [5, 5.41) is 11.8. The summed E-state index contributed by atoms with van der Waals surface area (Å²) in [5.41, 5.74) is 1.20. The van der Waals surface area contributed by atoms with E-state index in [1.165, 1.54) is 5.56 Å². The Bertz CT molecular complexity index is 305. The standard InChI is InChI=1S/C11H17NO2S/c1-14-10-4-3-9(7-11(10)15-2)8-12-5-6-13/h3-4,7,12-13H,5-6,8H2,1-2H3. The number of rotatable bonds is 6. The van der Waals surface area contributed by atoms with Crippen molar-refractivity contribution in [3.05, 3.63) is 23.8 Å². The summed E-state index contributed by atoms with van der Waals surface area (Å²) >= 11 is 1.67. The molecule has 0 unspecified atom stereocenters. The maximum absolute atomic E-state index is 8.64. The Morgan fingerprint density at radius 1 is 1.47 bits per heavy atom. The van der Waals surface area contributed by atoms with Crippen molar-refractivity contribution in [2.45, 2.75) is 11.4 Å². The van der Waals surface area contributed by atoms with Crippen molar-refractivity contribution in [3.8, 4) is 5.75 Å². The van der Waals surface area contributed by atoms with Crippen molar-refractivity contribution < 1.29 is 9.84 Å². The van der Waals surface area contributed by atoms with Crippen molar-refractivity contribution in [1.29, 1.82) is 0 Å². The molecule has 1 rings (SSSR count). The minimum atomic E-state index is 0.172. The molecule has 0 fully saturated rings. The molecule has 84 valence electrons. The van der Waals surface area contributed by atoms with Crippen LogP contribution in [-0.2, 0) is 6.54 Å². The molecule has 0 heterocycles. The summed E-state index contributed by atoms with van der Waals surface area (Å²) in [6.07, 6.45) is 2.03. The Labute approximate surface area is 94.8 Å². The number of aliphatic hydroxyl groups excluding tert-OH is 1. The van der Waals surface area contributed by atoms with Crippen LogP contribution in [0.15, 0.2) is 23.1 Å². The number of ether oxygens (including phenoxy) is 1. The first-order valence-corrected chi connectivity index (χ1v) is 6.06. The van der Waals surface area contributed by atoms with E-state index in [9.17, 15) is 0 Å². The maximum Gasteiger partial charge on any atom is 0.132 e. The van der Waals surface area contributed by atoms with Crippen LogP contribution in [0.2, 0.25) is 0 Å². The third-order valence-electron chi connectivity index (χ3n) is 2.07. The lowest BCUT2D eigenvalue weighted by Crippen LogP contribution is -2.17. The number of nitrogens with one attached hydrogen (secondary N) is 1. The number of aliphatic hydroxyl groups is 1. The number of methoxy groups -OCH3 is 1. The van der Waals surface area contributed by atoms with Gasteiger partial charge in [-0.3, -0.25) is 0 Å². The molecule has 3 nitrogen and oxygen atoms in total. The number of hydrogen-bond acceptors (Lipinski definition) is 4. The Morgan fingerprint density at radius 2 is 2.27 bits per heavy atom. The van der Waals surface area contributed by atoms with Gasteiger partial charge in [-0.2, -0.15) is 0 Å². The highest BCUT2D eigenvalue weighted by Crippen LogP contribution is 2.28. The molecule has 0 aliphatic carbocycles. The summed E-state index contributed by atoms with van der Waals surface area (Å²) < 4.78 is 5.24. The Hall–Kier alpha value is -0.710. The SMILES string of the molecule is COc1ccc(CNCCO)cc1SC. The van der Waals surface area contributed by atoms with Gasteiger partial charge in [0.2, 0.25) is 0 Å². The predicted octanol–water partition coefficient (Wildman–Crippen LogP) is 1.50. The van der Waals surface area contributed by atoms with Gasteiger partial charge >= 0.3 is 0 Å². The van der Waals surface area contributed by atoms with Crippen LogP contribution in [0.5, 0.6) is 5.75 Å². The van der Waals surface area contributed by atoms with E-state index in [0.717, 1.165) is 17.2 Å². The largest absolute Gasteiger partial charge is 0.496 e. The second kappa shape index (κ2) is 6.71. The summed E-state index contributed by atoms with van der Waals surface area (Å²) in [4.78, 5) is 1.14. The lowest BCUT2D eigenvalue weighted by atomic mass is 10.2. The topological polar surface area (TPSA) is 41.5 Å². The normalized spacial score (nSPS) is 10.3. The van der Waals surface area contributed by atoms with E-state index >= 15 is 0 Å². The first-order chi connectivity index (χ1) is 7.31. The lowest BCUT2D eigenvalue weighted by molar-refractivity contribution is 0.292. The third-order valence-corrected chi connectivity index (χ3v) is 2.82. The van der Waals surface area contributed by atoms with Crippen molar-refractivity contribution in [2.75, 3.05) is 26.5 Å². The fourth-order valence-electron chi connectivity index (χ4n) is 1.30. The van der Waals surface area contributed by atoms with Crippen LogP contribution < -0.4 is 10.1 Å². The summed E-state index contributed by atoms with van der Waals surface area (Å²) in [6.45, 7) is 1.57. The van der Waals surface area contributed by atoms with Crippen molar-refractivity contribution in [3.63, 3.8) is 0 Å². The van der Waals surface area contributed by atoms with Gasteiger partial charge in [0.25, 0.3) is 0 Å². The zero-order valence-corrected chi connectivity index (χ0v) is 9.93. The first-order valence-electron chi connectivity index (χ1n) is 4.84. The van der Waals surface area contributed by atoms with E-state index in [2.05, 4.69) is 11.4 Å². The van der Waals surface area contributed by atoms with E-state index in [4.69, 9.17) is 9.84 Å². The molecule has 0 aromatic heterocycles. The van der Waals surface area contributed by atoms with Crippen LogP contribution in [0.4, 0.5) is 0 Å². The number of hydrogen-bond donors (Lipinski definition) is 2. The molecular formula is C11H17NO2S. The average Bonchev–Trinajstić information content (AvgIpc) is 2.29. The molecule has 0 bridgehead atoms. The molecule has 0 spiro atoms. The molecule has 1 aromatic carbocycles. The second-order valence-electron chi connectivity index (χ2n) is 3.09. The molecule has 0 atom stereocenters.